The molecule has 0 fully saturated rings. The van der Waals surface area contributed by atoms with Crippen LogP contribution in [0.2, 0.25) is 0 Å². The third-order valence-corrected chi connectivity index (χ3v) is 1.77. The van der Waals surface area contributed by atoms with Crippen molar-refractivity contribution in [2.75, 3.05) is 0 Å². The topological polar surface area (TPSA) is 12.0 Å². The second-order valence-corrected chi connectivity index (χ2v) is 3.70. The van der Waals surface area contributed by atoms with Crippen molar-refractivity contribution in [3.63, 3.8) is 0 Å². The summed E-state index contributed by atoms with van der Waals surface area (Å²) < 4.78 is 0. The van der Waals surface area contributed by atoms with Gasteiger partial charge in [0.2, 0.25) is 0 Å². The van der Waals surface area contributed by atoms with Crippen LogP contribution in [0.25, 0.3) is 0 Å². The van der Waals surface area contributed by atoms with Crippen molar-refractivity contribution in [2.24, 2.45) is 5.92 Å². The highest BCUT2D eigenvalue weighted by molar-refractivity contribution is 4.81. The zero-order chi connectivity index (χ0) is 8.85. The summed E-state index contributed by atoms with van der Waals surface area (Å²) in [6.45, 7) is 12.6. The van der Waals surface area contributed by atoms with Crippen molar-refractivity contribution >= 4 is 0 Å². The standard InChI is InChI=1S/C10H21N/c1-6-7-10(8(2)3)11-9(4)5/h6,8-11H,1,7H2,2-5H3. The van der Waals surface area contributed by atoms with Crippen molar-refractivity contribution < 1.29 is 0 Å². The van der Waals surface area contributed by atoms with Crippen LogP contribution in [0.4, 0.5) is 0 Å². The smallest absolute Gasteiger partial charge is 0.0127 e. The van der Waals surface area contributed by atoms with Crippen LogP contribution in [0, 0.1) is 5.92 Å². The minimum atomic E-state index is 0.572. The normalized spacial score (nSPS) is 14.0. The second kappa shape index (κ2) is 5.36. The van der Waals surface area contributed by atoms with Crippen molar-refractivity contribution in [3.8, 4) is 0 Å². The monoisotopic (exact) mass is 155 g/mol. The molecule has 0 bridgehead atoms. The lowest BCUT2D eigenvalue weighted by Gasteiger charge is -2.23. The van der Waals surface area contributed by atoms with Crippen LogP contribution in [-0.4, -0.2) is 12.1 Å². The van der Waals surface area contributed by atoms with E-state index in [-0.39, 0.29) is 0 Å². The maximum atomic E-state index is 3.75. The Kier molecular flexibility index (Phi) is 5.22. The summed E-state index contributed by atoms with van der Waals surface area (Å²) in [6, 6.07) is 1.16. The highest BCUT2D eigenvalue weighted by atomic mass is 14.9. The minimum Gasteiger partial charge on any atom is -0.311 e. The first-order chi connectivity index (χ1) is 5.07. The van der Waals surface area contributed by atoms with E-state index in [0.29, 0.717) is 18.0 Å². The van der Waals surface area contributed by atoms with Gasteiger partial charge < -0.3 is 5.32 Å². The van der Waals surface area contributed by atoms with Crippen LogP contribution in [0.3, 0.4) is 0 Å². The van der Waals surface area contributed by atoms with Gasteiger partial charge in [-0.2, -0.15) is 0 Å². The van der Waals surface area contributed by atoms with E-state index in [4.69, 9.17) is 0 Å². The summed E-state index contributed by atoms with van der Waals surface area (Å²) >= 11 is 0. The van der Waals surface area contributed by atoms with Gasteiger partial charge in [0.25, 0.3) is 0 Å². The highest BCUT2D eigenvalue weighted by Crippen LogP contribution is 2.06. The quantitative estimate of drug-likeness (QED) is 0.602. The van der Waals surface area contributed by atoms with E-state index in [1.807, 2.05) is 6.08 Å². The lowest BCUT2D eigenvalue weighted by atomic mass is 10.0. The third kappa shape index (κ3) is 5.02. The van der Waals surface area contributed by atoms with Crippen LogP contribution in [0.5, 0.6) is 0 Å². The Morgan fingerprint density at radius 2 is 1.82 bits per heavy atom. The van der Waals surface area contributed by atoms with Gasteiger partial charge in [0.1, 0.15) is 0 Å². The SMILES string of the molecule is C=CCC(NC(C)C)C(C)C. The number of hydrogen-bond acceptors (Lipinski definition) is 1. The van der Waals surface area contributed by atoms with E-state index in [1.165, 1.54) is 0 Å². The average molecular weight is 155 g/mol. The van der Waals surface area contributed by atoms with E-state index in [2.05, 4.69) is 39.6 Å². The van der Waals surface area contributed by atoms with E-state index in [9.17, 15) is 0 Å². The molecule has 0 aliphatic heterocycles. The molecule has 0 saturated carbocycles. The second-order valence-electron chi connectivity index (χ2n) is 3.70. The summed E-state index contributed by atoms with van der Waals surface area (Å²) in [4.78, 5) is 0. The molecule has 0 aliphatic rings. The molecule has 0 amide bonds. The largest absolute Gasteiger partial charge is 0.311 e. The van der Waals surface area contributed by atoms with Crippen LogP contribution in [0.15, 0.2) is 12.7 Å². The molecule has 0 aromatic rings. The molecule has 0 heterocycles. The van der Waals surface area contributed by atoms with Gasteiger partial charge >= 0.3 is 0 Å². The van der Waals surface area contributed by atoms with Gasteiger partial charge in [-0.1, -0.05) is 33.8 Å². The molecular weight excluding hydrogens is 134 g/mol. The molecule has 0 aromatic heterocycles. The first-order valence-electron chi connectivity index (χ1n) is 4.44. The zero-order valence-electron chi connectivity index (χ0n) is 8.22. The Morgan fingerprint density at radius 1 is 1.27 bits per heavy atom. The van der Waals surface area contributed by atoms with Gasteiger partial charge in [0.15, 0.2) is 0 Å². The molecule has 0 rings (SSSR count). The van der Waals surface area contributed by atoms with Crippen LogP contribution < -0.4 is 5.32 Å². The molecule has 1 atom stereocenters. The lowest BCUT2D eigenvalue weighted by Crippen LogP contribution is -2.38. The average Bonchev–Trinajstić information content (AvgIpc) is 1.86. The Balaban J connectivity index is 3.78. The fraction of sp³-hybridized carbons (Fsp3) is 0.800. The van der Waals surface area contributed by atoms with E-state index >= 15 is 0 Å². The summed E-state index contributed by atoms with van der Waals surface area (Å²) in [5.41, 5.74) is 0. The predicted octanol–water partition coefficient (Wildman–Crippen LogP) is 2.59. The number of rotatable bonds is 5. The molecular formula is C10H21N. The van der Waals surface area contributed by atoms with Gasteiger partial charge in [0, 0.05) is 12.1 Å². The van der Waals surface area contributed by atoms with Crippen molar-refractivity contribution in [1.29, 1.82) is 0 Å². The Hall–Kier alpha value is -0.300. The van der Waals surface area contributed by atoms with Crippen molar-refractivity contribution in [2.45, 2.75) is 46.2 Å². The molecule has 0 aromatic carbocycles. The lowest BCUT2D eigenvalue weighted by molar-refractivity contribution is 0.373. The molecule has 0 aliphatic carbocycles. The summed E-state index contributed by atoms with van der Waals surface area (Å²) in [7, 11) is 0. The molecule has 0 radical (unpaired) electrons. The fourth-order valence-corrected chi connectivity index (χ4v) is 1.14. The predicted molar refractivity (Wildman–Crippen MR) is 51.7 cm³/mol. The molecule has 1 nitrogen and oxygen atoms in total. The highest BCUT2D eigenvalue weighted by Gasteiger charge is 2.11. The molecule has 0 saturated heterocycles. The Morgan fingerprint density at radius 3 is 2.09 bits per heavy atom. The van der Waals surface area contributed by atoms with Gasteiger partial charge in [-0.15, -0.1) is 6.58 Å². The summed E-state index contributed by atoms with van der Waals surface area (Å²) in [6.07, 6.45) is 3.05. The van der Waals surface area contributed by atoms with Crippen molar-refractivity contribution in [3.05, 3.63) is 12.7 Å². The van der Waals surface area contributed by atoms with E-state index in [0.717, 1.165) is 6.42 Å². The fourth-order valence-electron chi connectivity index (χ4n) is 1.14. The van der Waals surface area contributed by atoms with Crippen molar-refractivity contribution in [1.82, 2.24) is 5.32 Å². The van der Waals surface area contributed by atoms with Gasteiger partial charge in [-0.25, -0.2) is 0 Å². The summed E-state index contributed by atoms with van der Waals surface area (Å²) in [5, 5.41) is 3.51. The van der Waals surface area contributed by atoms with Gasteiger partial charge in [0.05, 0.1) is 0 Å². The molecule has 11 heavy (non-hydrogen) atoms. The molecule has 1 unspecified atom stereocenters. The third-order valence-electron chi connectivity index (χ3n) is 1.77. The van der Waals surface area contributed by atoms with Gasteiger partial charge in [-0.05, 0) is 12.3 Å². The molecule has 66 valence electrons. The number of hydrogen-bond donors (Lipinski definition) is 1. The molecule has 1 heteroatoms. The Bertz CT molecular complexity index is 105. The van der Waals surface area contributed by atoms with Crippen LogP contribution in [-0.2, 0) is 0 Å². The van der Waals surface area contributed by atoms with Crippen LogP contribution in [0.1, 0.15) is 34.1 Å². The zero-order valence-corrected chi connectivity index (χ0v) is 8.22. The first-order valence-corrected chi connectivity index (χ1v) is 4.44. The van der Waals surface area contributed by atoms with Crippen LogP contribution >= 0.6 is 0 Å². The number of nitrogens with one attached hydrogen (secondary N) is 1. The van der Waals surface area contributed by atoms with E-state index in [1.54, 1.807) is 0 Å². The van der Waals surface area contributed by atoms with Gasteiger partial charge in [-0.3, -0.25) is 0 Å². The maximum absolute atomic E-state index is 3.75. The summed E-state index contributed by atoms with van der Waals surface area (Å²) in [5.74, 6) is 0.690. The van der Waals surface area contributed by atoms with E-state index < -0.39 is 0 Å². The Labute approximate surface area is 70.9 Å². The maximum Gasteiger partial charge on any atom is 0.0127 e. The molecule has 0 spiro atoms. The first kappa shape index (κ1) is 10.7. The minimum absolute atomic E-state index is 0.572. The molecule has 1 N–H and O–H groups in total.